The third-order valence-corrected chi connectivity index (χ3v) is 5.74. The molecule has 0 unspecified atom stereocenters. The molecule has 0 aliphatic rings. The molecular weight excluding hydrogens is 420 g/mol. The normalized spacial score (nSPS) is 11.3. The summed E-state index contributed by atoms with van der Waals surface area (Å²) >= 11 is 0. The zero-order valence-corrected chi connectivity index (χ0v) is 20.8. The number of aryl methyl sites for hydroxylation is 1. The Morgan fingerprint density at radius 2 is 1.76 bits per heavy atom. The molecule has 34 heavy (non-hydrogen) atoms. The van der Waals surface area contributed by atoms with E-state index in [1.54, 1.807) is 6.08 Å². The van der Waals surface area contributed by atoms with Gasteiger partial charge in [0.1, 0.15) is 5.75 Å². The first kappa shape index (κ1) is 25.4. The highest BCUT2D eigenvalue weighted by molar-refractivity contribution is 6.09. The number of ketones is 1. The van der Waals surface area contributed by atoms with Gasteiger partial charge in [-0.25, -0.2) is 0 Å². The highest BCUT2D eigenvalue weighted by atomic mass is 16.5. The summed E-state index contributed by atoms with van der Waals surface area (Å²) in [5.74, 6) is 0.582. The number of ether oxygens (including phenoxy) is 1. The van der Waals surface area contributed by atoms with Gasteiger partial charge in [0.15, 0.2) is 5.78 Å². The van der Waals surface area contributed by atoms with Crippen molar-refractivity contribution >= 4 is 11.9 Å². The van der Waals surface area contributed by atoms with Crippen molar-refractivity contribution in [3.05, 3.63) is 95.1 Å². The summed E-state index contributed by atoms with van der Waals surface area (Å²) in [5.41, 5.74) is 6.15. The van der Waals surface area contributed by atoms with E-state index >= 15 is 0 Å². The van der Waals surface area contributed by atoms with Crippen molar-refractivity contribution < 1.29 is 9.53 Å². The summed E-state index contributed by atoms with van der Waals surface area (Å²) < 4.78 is 6.07. The maximum atomic E-state index is 13.4. The molecule has 0 saturated heterocycles. The van der Waals surface area contributed by atoms with Crippen LogP contribution >= 0.6 is 0 Å². The van der Waals surface area contributed by atoms with Crippen LogP contribution in [0.1, 0.15) is 39.9 Å². The lowest BCUT2D eigenvalue weighted by Gasteiger charge is -2.14. The zero-order chi connectivity index (χ0) is 24.3. The second kappa shape index (κ2) is 12.9. The Labute approximate surface area is 204 Å². The Kier molecular flexibility index (Phi) is 9.62. The van der Waals surface area contributed by atoms with Gasteiger partial charge in [-0.05, 0) is 93.5 Å². The lowest BCUT2D eigenvalue weighted by atomic mass is 9.96. The Balaban J connectivity index is 1.90. The zero-order valence-electron chi connectivity index (χ0n) is 20.8. The molecule has 0 heterocycles. The van der Waals surface area contributed by atoms with Gasteiger partial charge < -0.3 is 15.0 Å². The number of hydrogen-bond donors (Lipinski definition) is 1. The number of benzene rings is 3. The quantitative estimate of drug-likeness (QED) is 0.206. The molecule has 0 amide bonds. The maximum absolute atomic E-state index is 13.4. The first-order chi connectivity index (χ1) is 16.5. The molecule has 1 N–H and O–H groups in total. The van der Waals surface area contributed by atoms with Gasteiger partial charge in [0.25, 0.3) is 0 Å². The second-order valence-corrected chi connectivity index (χ2v) is 8.82. The number of nitrogens with zero attached hydrogens (tertiary/aromatic N) is 1. The molecule has 0 aromatic heterocycles. The first-order valence-electron chi connectivity index (χ1n) is 11.9. The summed E-state index contributed by atoms with van der Waals surface area (Å²) in [5, 5.41) is 3.15. The molecule has 4 heteroatoms. The summed E-state index contributed by atoms with van der Waals surface area (Å²) in [7, 11) is 6.04. The minimum atomic E-state index is -0.0553. The molecule has 0 atom stereocenters. The van der Waals surface area contributed by atoms with Crippen LogP contribution in [-0.4, -0.2) is 45.0 Å². The molecule has 0 aliphatic carbocycles. The highest BCUT2D eigenvalue weighted by Gasteiger charge is 2.14. The minimum Gasteiger partial charge on any atom is -0.493 e. The average molecular weight is 457 g/mol. The van der Waals surface area contributed by atoms with Crippen LogP contribution in [0.2, 0.25) is 0 Å². The predicted molar refractivity (Wildman–Crippen MR) is 142 cm³/mol. The number of allylic oxidation sites excluding steroid dienone is 1. The second-order valence-electron chi connectivity index (χ2n) is 8.82. The van der Waals surface area contributed by atoms with Crippen LogP contribution in [-0.2, 0) is 6.54 Å². The molecule has 0 spiro atoms. The van der Waals surface area contributed by atoms with Crippen LogP contribution in [0.15, 0.2) is 72.8 Å². The van der Waals surface area contributed by atoms with Gasteiger partial charge >= 0.3 is 0 Å². The van der Waals surface area contributed by atoms with Crippen LogP contribution in [0.3, 0.4) is 0 Å². The molecule has 0 radical (unpaired) electrons. The SMILES string of the molecule is CNCCCCOc1ccc(-c2ccccc2C)cc1C(=O)/C=C/c1ccccc1CN(C)C. The van der Waals surface area contributed by atoms with Gasteiger partial charge in [0, 0.05) is 6.54 Å². The van der Waals surface area contributed by atoms with E-state index in [4.69, 9.17) is 4.74 Å². The largest absolute Gasteiger partial charge is 0.493 e. The van der Waals surface area contributed by atoms with E-state index in [1.165, 1.54) is 11.1 Å². The Hall–Kier alpha value is -3.21. The van der Waals surface area contributed by atoms with Gasteiger partial charge in [-0.1, -0.05) is 60.7 Å². The van der Waals surface area contributed by atoms with E-state index < -0.39 is 0 Å². The van der Waals surface area contributed by atoms with Crippen molar-refractivity contribution in [3.63, 3.8) is 0 Å². The molecule has 0 bridgehead atoms. The minimum absolute atomic E-state index is 0.0553. The van der Waals surface area contributed by atoms with E-state index in [-0.39, 0.29) is 5.78 Å². The van der Waals surface area contributed by atoms with Crippen LogP contribution < -0.4 is 10.1 Å². The fraction of sp³-hybridized carbons (Fsp3) is 0.300. The highest BCUT2D eigenvalue weighted by Crippen LogP contribution is 2.30. The summed E-state index contributed by atoms with van der Waals surface area (Å²) in [4.78, 5) is 15.5. The van der Waals surface area contributed by atoms with Crippen LogP contribution in [0.25, 0.3) is 17.2 Å². The fourth-order valence-corrected chi connectivity index (χ4v) is 3.94. The van der Waals surface area contributed by atoms with Crippen LogP contribution in [0.5, 0.6) is 5.75 Å². The molecule has 178 valence electrons. The third kappa shape index (κ3) is 7.14. The molecule has 3 aromatic carbocycles. The molecule has 3 rings (SSSR count). The fourth-order valence-electron chi connectivity index (χ4n) is 3.94. The predicted octanol–water partition coefficient (Wildman–Crippen LogP) is 6.00. The Morgan fingerprint density at radius 3 is 2.53 bits per heavy atom. The summed E-state index contributed by atoms with van der Waals surface area (Å²) in [6, 6.07) is 22.3. The van der Waals surface area contributed by atoms with Crippen molar-refractivity contribution in [1.29, 1.82) is 0 Å². The monoisotopic (exact) mass is 456 g/mol. The third-order valence-electron chi connectivity index (χ3n) is 5.74. The number of carbonyl (C=O) groups is 1. The summed E-state index contributed by atoms with van der Waals surface area (Å²) in [6.07, 6.45) is 5.54. The lowest BCUT2D eigenvalue weighted by Crippen LogP contribution is -2.11. The maximum Gasteiger partial charge on any atom is 0.189 e. The average Bonchev–Trinajstić information content (AvgIpc) is 2.83. The number of hydrogen-bond acceptors (Lipinski definition) is 4. The van der Waals surface area contributed by atoms with Crippen molar-refractivity contribution in [1.82, 2.24) is 10.2 Å². The van der Waals surface area contributed by atoms with Crippen molar-refractivity contribution in [2.75, 3.05) is 34.3 Å². The van der Waals surface area contributed by atoms with Gasteiger partial charge in [-0.3, -0.25) is 4.79 Å². The number of nitrogens with one attached hydrogen (secondary N) is 1. The van der Waals surface area contributed by atoms with Gasteiger partial charge in [0.2, 0.25) is 0 Å². The van der Waals surface area contributed by atoms with Crippen LogP contribution in [0, 0.1) is 6.92 Å². The number of carbonyl (C=O) groups excluding carboxylic acids is 1. The first-order valence-corrected chi connectivity index (χ1v) is 11.9. The molecule has 3 aromatic rings. The Morgan fingerprint density at radius 1 is 1.00 bits per heavy atom. The number of rotatable bonds is 12. The van der Waals surface area contributed by atoms with Crippen molar-refractivity contribution in [2.45, 2.75) is 26.3 Å². The van der Waals surface area contributed by atoms with E-state index in [9.17, 15) is 4.79 Å². The van der Waals surface area contributed by atoms with Gasteiger partial charge in [-0.2, -0.15) is 0 Å². The standard InChI is InChI=1S/C30H36N2O2/c1-23-11-5-8-14-27(23)25-16-18-30(34-20-10-9-19-31-2)28(21-25)29(33)17-15-24-12-6-7-13-26(24)22-32(3)4/h5-8,11-18,21,31H,9-10,19-20,22H2,1-4H3/b17-15+. The molecule has 4 nitrogen and oxygen atoms in total. The van der Waals surface area contributed by atoms with E-state index in [2.05, 4.69) is 35.3 Å². The van der Waals surface area contributed by atoms with E-state index in [0.717, 1.165) is 42.6 Å². The van der Waals surface area contributed by atoms with Crippen molar-refractivity contribution in [2.24, 2.45) is 0 Å². The van der Waals surface area contributed by atoms with E-state index in [1.807, 2.05) is 75.7 Å². The smallest absolute Gasteiger partial charge is 0.189 e. The Bertz CT molecular complexity index is 1120. The molecule has 0 saturated carbocycles. The van der Waals surface area contributed by atoms with Gasteiger partial charge in [0.05, 0.1) is 12.2 Å². The molecular formula is C30H36N2O2. The van der Waals surface area contributed by atoms with Crippen molar-refractivity contribution in [3.8, 4) is 16.9 Å². The van der Waals surface area contributed by atoms with Crippen LogP contribution in [0.4, 0.5) is 0 Å². The lowest BCUT2D eigenvalue weighted by molar-refractivity contribution is 0.104. The summed E-state index contributed by atoms with van der Waals surface area (Å²) in [6.45, 7) is 4.44. The van der Waals surface area contributed by atoms with Gasteiger partial charge in [-0.15, -0.1) is 0 Å². The molecule has 0 fully saturated rings. The molecule has 0 aliphatic heterocycles. The topological polar surface area (TPSA) is 41.6 Å². The number of unbranched alkanes of at least 4 members (excludes halogenated alkanes) is 1. The van der Waals surface area contributed by atoms with E-state index in [0.29, 0.717) is 17.9 Å².